The van der Waals surface area contributed by atoms with Gasteiger partial charge in [0.2, 0.25) is 5.91 Å². The summed E-state index contributed by atoms with van der Waals surface area (Å²) in [5.41, 5.74) is 2.88. The second-order valence-corrected chi connectivity index (χ2v) is 11.6. The molecule has 3 aromatic rings. The standard InChI is InChI=1S/C24H29N5OS3/c1-4-6-17-11-16(13-31-17)22-27-28-24(29(22)9-5-2)32-14-21(30)26-23-19(12-25)18-8-7-15(3)10-20(18)33-23/h11,13,15H,4-10,14H2,1-3H3,(H,26,30). The third-order valence-electron chi connectivity index (χ3n) is 5.78. The van der Waals surface area contributed by atoms with Crippen LogP contribution in [-0.2, 0) is 30.6 Å². The summed E-state index contributed by atoms with van der Waals surface area (Å²) in [5.74, 6) is 1.61. The van der Waals surface area contributed by atoms with E-state index in [4.69, 9.17) is 0 Å². The Morgan fingerprint density at radius 3 is 2.97 bits per heavy atom. The highest BCUT2D eigenvalue weighted by Gasteiger charge is 2.25. The Hall–Kier alpha value is -2.15. The summed E-state index contributed by atoms with van der Waals surface area (Å²) >= 11 is 4.72. The van der Waals surface area contributed by atoms with Crippen molar-refractivity contribution in [3.8, 4) is 17.5 Å². The third-order valence-corrected chi connectivity index (χ3v) is 8.91. The predicted octanol–water partition coefficient (Wildman–Crippen LogP) is 6.16. The summed E-state index contributed by atoms with van der Waals surface area (Å²) in [5, 5.41) is 25.1. The predicted molar refractivity (Wildman–Crippen MR) is 137 cm³/mol. The Morgan fingerprint density at radius 1 is 1.36 bits per heavy atom. The summed E-state index contributed by atoms with van der Waals surface area (Å²) in [7, 11) is 0. The van der Waals surface area contributed by atoms with E-state index in [2.05, 4.69) is 58.4 Å². The van der Waals surface area contributed by atoms with Crippen LogP contribution in [0.4, 0.5) is 5.00 Å². The Labute approximate surface area is 207 Å². The summed E-state index contributed by atoms with van der Waals surface area (Å²) in [6.07, 6.45) is 6.17. The number of nitrogens with one attached hydrogen (secondary N) is 1. The van der Waals surface area contributed by atoms with Gasteiger partial charge in [-0.1, -0.05) is 39.0 Å². The fraction of sp³-hybridized carbons (Fsp3) is 0.500. The Bertz CT molecular complexity index is 1170. The number of aryl methyl sites for hydroxylation is 1. The quantitative estimate of drug-likeness (QED) is 0.357. The molecule has 1 aliphatic rings. The van der Waals surface area contributed by atoms with Gasteiger partial charge in [-0.25, -0.2) is 0 Å². The van der Waals surface area contributed by atoms with Crippen molar-refractivity contribution in [3.63, 3.8) is 0 Å². The van der Waals surface area contributed by atoms with Crippen LogP contribution in [0.3, 0.4) is 0 Å². The first-order valence-corrected chi connectivity index (χ1v) is 14.2. The number of aromatic nitrogens is 3. The molecule has 9 heteroatoms. The van der Waals surface area contributed by atoms with E-state index in [1.165, 1.54) is 21.5 Å². The molecule has 0 saturated heterocycles. The molecule has 0 radical (unpaired) electrons. The smallest absolute Gasteiger partial charge is 0.235 e. The number of hydrogen-bond donors (Lipinski definition) is 1. The lowest BCUT2D eigenvalue weighted by Gasteiger charge is -2.17. The molecule has 1 atom stereocenters. The molecule has 0 fully saturated rings. The molecule has 174 valence electrons. The summed E-state index contributed by atoms with van der Waals surface area (Å²) in [4.78, 5) is 15.4. The zero-order chi connectivity index (χ0) is 23.4. The minimum atomic E-state index is -0.114. The van der Waals surface area contributed by atoms with Gasteiger partial charge in [-0.05, 0) is 49.7 Å². The van der Waals surface area contributed by atoms with Crippen molar-refractivity contribution in [2.24, 2.45) is 5.92 Å². The van der Waals surface area contributed by atoms with Crippen molar-refractivity contribution >= 4 is 45.3 Å². The van der Waals surface area contributed by atoms with Gasteiger partial charge in [-0.15, -0.1) is 32.9 Å². The average molecular weight is 500 g/mol. The molecule has 3 heterocycles. The molecule has 1 amide bonds. The lowest BCUT2D eigenvalue weighted by atomic mass is 9.89. The molecule has 33 heavy (non-hydrogen) atoms. The maximum absolute atomic E-state index is 12.8. The van der Waals surface area contributed by atoms with E-state index >= 15 is 0 Å². The number of carbonyl (C=O) groups is 1. The number of fused-ring (bicyclic) bond motifs is 1. The minimum Gasteiger partial charge on any atom is -0.316 e. The molecule has 0 aliphatic heterocycles. The van der Waals surface area contributed by atoms with Gasteiger partial charge in [0.15, 0.2) is 11.0 Å². The fourth-order valence-electron chi connectivity index (χ4n) is 4.16. The van der Waals surface area contributed by atoms with Crippen LogP contribution in [0.5, 0.6) is 0 Å². The maximum atomic E-state index is 12.8. The van der Waals surface area contributed by atoms with Gasteiger partial charge in [0, 0.05) is 27.2 Å². The van der Waals surface area contributed by atoms with Crippen LogP contribution >= 0.6 is 34.4 Å². The van der Waals surface area contributed by atoms with Gasteiger partial charge in [0.1, 0.15) is 11.1 Å². The first-order valence-electron chi connectivity index (χ1n) is 11.5. The normalized spacial score (nSPS) is 15.3. The van der Waals surface area contributed by atoms with Crippen molar-refractivity contribution in [1.29, 1.82) is 5.26 Å². The van der Waals surface area contributed by atoms with Crippen LogP contribution in [0.25, 0.3) is 11.4 Å². The van der Waals surface area contributed by atoms with E-state index < -0.39 is 0 Å². The molecular weight excluding hydrogens is 470 g/mol. The van der Waals surface area contributed by atoms with Gasteiger partial charge >= 0.3 is 0 Å². The number of hydrogen-bond acceptors (Lipinski definition) is 7. The zero-order valence-corrected chi connectivity index (χ0v) is 21.8. The second-order valence-electron chi connectivity index (χ2n) is 8.51. The molecule has 1 unspecified atom stereocenters. The van der Waals surface area contributed by atoms with Crippen LogP contribution in [0.1, 0.15) is 60.9 Å². The minimum absolute atomic E-state index is 0.114. The van der Waals surface area contributed by atoms with E-state index in [0.717, 1.165) is 67.2 Å². The molecule has 0 bridgehead atoms. The molecule has 0 spiro atoms. The average Bonchev–Trinajstić information content (AvgIpc) is 3.49. The van der Waals surface area contributed by atoms with E-state index in [1.54, 1.807) is 22.7 Å². The topological polar surface area (TPSA) is 83.6 Å². The van der Waals surface area contributed by atoms with Gasteiger partial charge in [-0.2, -0.15) is 5.26 Å². The van der Waals surface area contributed by atoms with Crippen molar-refractivity contribution < 1.29 is 4.79 Å². The number of thiophene rings is 2. The van der Waals surface area contributed by atoms with Gasteiger partial charge in [0.05, 0.1) is 11.3 Å². The Balaban J connectivity index is 1.45. The van der Waals surface area contributed by atoms with E-state index in [-0.39, 0.29) is 11.7 Å². The van der Waals surface area contributed by atoms with Gasteiger partial charge in [0.25, 0.3) is 0 Å². The van der Waals surface area contributed by atoms with E-state index in [9.17, 15) is 10.1 Å². The molecule has 0 aromatic carbocycles. The van der Waals surface area contributed by atoms with Gasteiger partial charge in [-0.3, -0.25) is 4.79 Å². The van der Waals surface area contributed by atoms with E-state index in [0.29, 0.717) is 16.5 Å². The van der Waals surface area contributed by atoms with Crippen LogP contribution in [0.15, 0.2) is 16.6 Å². The summed E-state index contributed by atoms with van der Waals surface area (Å²) < 4.78 is 2.11. The third kappa shape index (κ3) is 5.34. The monoisotopic (exact) mass is 499 g/mol. The van der Waals surface area contributed by atoms with Crippen molar-refractivity contribution in [3.05, 3.63) is 32.3 Å². The molecule has 3 aromatic heterocycles. The lowest BCUT2D eigenvalue weighted by molar-refractivity contribution is -0.113. The summed E-state index contributed by atoms with van der Waals surface area (Å²) in [6, 6.07) is 4.52. The maximum Gasteiger partial charge on any atom is 0.235 e. The Morgan fingerprint density at radius 2 is 2.21 bits per heavy atom. The fourth-order valence-corrected chi connectivity index (χ4v) is 7.27. The first-order chi connectivity index (χ1) is 16.0. The number of anilines is 1. The highest BCUT2D eigenvalue weighted by Crippen LogP contribution is 2.39. The van der Waals surface area contributed by atoms with Crippen LogP contribution in [0, 0.1) is 17.2 Å². The number of carbonyl (C=O) groups excluding carboxylic acids is 1. The second kappa shape index (κ2) is 10.9. The number of amides is 1. The molecule has 6 nitrogen and oxygen atoms in total. The van der Waals surface area contributed by atoms with Crippen LogP contribution in [-0.4, -0.2) is 26.4 Å². The SMILES string of the molecule is CCCc1cc(-c2nnc(SCC(=O)Nc3sc4c(c3C#N)CCC(C)C4)n2CCC)cs1. The number of thioether (sulfide) groups is 1. The first kappa shape index (κ1) is 24.0. The van der Waals surface area contributed by atoms with E-state index in [1.807, 2.05) is 0 Å². The highest BCUT2D eigenvalue weighted by atomic mass is 32.2. The molecule has 4 rings (SSSR count). The Kier molecular flexibility index (Phi) is 7.89. The molecule has 1 aliphatic carbocycles. The van der Waals surface area contributed by atoms with Crippen LogP contribution in [0.2, 0.25) is 0 Å². The van der Waals surface area contributed by atoms with Crippen LogP contribution < -0.4 is 5.32 Å². The highest BCUT2D eigenvalue weighted by molar-refractivity contribution is 7.99. The summed E-state index contributed by atoms with van der Waals surface area (Å²) in [6.45, 7) is 7.36. The molecule has 0 saturated carbocycles. The number of nitrogens with zero attached hydrogens (tertiary/aromatic N) is 4. The largest absolute Gasteiger partial charge is 0.316 e. The molecular formula is C24H29N5OS3. The number of rotatable bonds is 9. The lowest BCUT2D eigenvalue weighted by Crippen LogP contribution is -2.15. The van der Waals surface area contributed by atoms with Gasteiger partial charge < -0.3 is 9.88 Å². The van der Waals surface area contributed by atoms with Crippen molar-refractivity contribution in [2.75, 3.05) is 11.1 Å². The van der Waals surface area contributed by atoms with Crippen molar-refractivity contribution in [1.82, 2.24) is 14.8 Å². The molecule has 1 N–H and O–H groups in total. The number of nitriles is 1. The van der Waals surface area contributed by atoms with Crippen molar-refractivity contribution in [2.45, 2.75) is 71.0 Å². The zero-order valence-electron chi connectivity index (χ0n) is 19.3.